The molecule has 0 unspecified atom stereocenters. The highest BCUT2D eigenvalue weighted by Crippen LogP contribution is 2.16. The molecular formula is C23H46O3Si. The molecule has 160 valence electrons. The number of hydrogen-bond donors (Lipinski definition) is 0. The topological polar surface area (TPSA) is 27.7 Å². The summed E-state index contributed by atoms with van der Waals surface area (Å²) in [6.45, 7) is 11.1. The van der Waals surface area contributed by atoms with Crippen LogP contribution in [0.25, 0.3) is 0 Å². The van der Waals surface area contributed by atoms with Gasteiger partial charge in [0.1, 0.15) is 0 Å². The Morgan fingerprint density at radius 3 is 1.41 bits per heavy atom. The summed E-state index contributed by atoms with van der Waals surface area (Å²) in [4.78, 5) is 0. The summed E-state index contributed by atoms with van der Waals surface area (Å²) >= 11 is 0. The fourth-order valence-electron chi connectivity index (χ4n) is 2.64. The van der Waals surface area contributed by atoms with E-state index in [0.29, 0.717) is 0 Å². The summed E-state index contributed by atoms with van der Waals surface area (Å²) in [5, 5.41) is 0. The average molecular weight is 399 g/mol. The highest BCUT2D eigenvalue weighted by atomic mass is 28.4. The smallest absolute Gasteiger partial charge is 0.370 e. The molecule has 0 fully saturated rings. The minimum absolute atomic E-state index is 0.728. The van der Waals surface area contributed by atoms with Crippen molar-refractivity contribution in [2.45, 2.75) is 105 Å². The molecule has 0 saturated carbocycles. The lowest BCUT2D eigenvalue weighted by Gasteiger charge is -2.27. The number of rotatable bonds is 20. The van der Waals surface area contributed by atoms with Gasteiger partial charge in [-0.2, -0.15) is 0 Å². The van der Waals surface area contributed by atoms with E-state index < -0.39 is 8.80 Å². The number of hydrogen-bond acceptors (Lipinski definition) is 3. The molecular weight excluding hydrogens is 352 g/mol. The first-order valence-corrected chi connectivity index (χ1v) is 13.3. The third kappa shape index (κ3) is 16.3. The van der Waals surface area contributed by atoms with E-state index in [4.69, 9.17) is 13.3 Å². The van der Waals surface area contributed by atoms with Gasteiger partial charge in [0.25, 0.3) is 0 Å². The Labute approximate surface area is 170 Å². The fourth-order valence-corrected chi connectivity index (χ4v) is 4.81. The lowest BCUT2D eigenvalue weighted by Crippen LogP contribution is -2.45. The largest absolute Gasteiger partial charge is 0.529 e. The van der Waals surface area contributed by atoms with Crippen LogP contribution in [-0.2, 0) is 13.3 Å². The summed E-state index contributed by atoms with van der Waals surface area (Å²) in [5.74, 6) is 0. The molecule has 0 saturated heterocycles. The highest BCUT2D eigenvalue weighted by molar-refractivity contribution is 6.66. The summed E-state index contributed by atoms with van der Waals surface area (Å²) < 4.78 is 18.9. The summed E-state index contributed by atoms with van der Waals surface area (Å²) in [7, 11) is -2.75. The number of allylic oxidation sites excluding steroid dienone is 3. The highest BCUT2D eigenvalue weighted by Gasteiger charge is 2.38. The summed E-state index contributed by atoms with van der Waals surface area (Å²) in [5.41, 5.74) is 2.10. The molecule has 0 heterocycles. The second-order valence-corrected chi connectivity index (χ2v) is 9.61. The molecule has 0 N–H and O–H groups in total. The molecule has 0 atom stereocenters. The molecule has 0 rings (SSSR count). The van der Waals surface area contributed by atoms with E-state index in [1.807, 2.05) is 0 Å². The first kappa shape index (κ1) is 26.6. The second-order valence-electron chi connectivity index (χ2n) is 7.20. The molecule has 0 aliphatic heterocycles. The van der Waals surface area contributed by atoms with Crippen molar-refractivity contribution in [3.8, 4) is 0 Å². The van der Waals surface area contributed by atoms with Gasteiger partial charge in [0.15, 0.2) is 0 Å². The first-order valence-electron chi connectivity index (χ1n) is 11.5. The number of unbranched alkanes of at least 4 members (excludes halogenated alkanes) is 8. The van der Waals surface area contributed by atoms with Crippen LogP contribution in [0.4, 0.5) is 0 Å². The molecule has 3 nitrogen and oxygen atoms in total. The van der Waals surface area contributed by atoms with Crippen molar-refractivity contribution in [2.75, 3.05) is 19.8 Å². The molecule has 0 radical (unpaired) electrons. The van der Waals surface area contributed by atoms with Crippen LogP contribution in [0.5, 0.6) is 0 Å². The van der Waals surface area contributed by atoms with E-state index in [1.165, 1.54) is 51.4 Å². The van der Waals surface area contributed by atoms with Gasteiger partial charge in [-0.25, -0.2) is 0 Å². The molecule has 0 aliphatic rings. The van der Waals surface area contributed by atoms with Crippen molar-refractivity contribution in [2.24, 2.45) is 0 Å². The zero-order valence-corrected chi connectivity index (χ0v) is 19.6. The minimum Gasteiger partial charge on any atom is -0.370 e. The van der Waals surface area contributed by atoms with Gasteiger partial charge >= 0.3 is 8.80 Å². The Hall–Kier alpha value is -0.423. The maximum Gasteiger partial charge on any atom is 0.529 e. The monoisotopic (exact) mass is 398 g/mol. The van der Waals surface area contributed by atoms with Gasteiger partial charge in [-0.1, -0.05) is 97.3 Å². The molecule has 0 aromatic rings. The van der Waals surface area contributed by atoms with Crippen LogP contribution in [0.1, 0.15) is 105 Å². The molecule has 4 heteroatoms. The maximum absolute atomic E-state index is 6.29. The molecule has 0 aromatic carbocycles. The third-order valence-corrected chi connectivity index (χ3v) is 6.85. The predicted molar refractivity (Wildman–Crippen MR) is 120 cm³/mol. The van der Waals surface area contributed by atoms with Crippen molar-refractivity contribution >= 4 is 8.80 Å². The maximum atomic E-state index is 6.29. The van der Waals surface area contributed by atoms with E-state index in [0.717, 1.165) is 45.5 Å². The summed E-state index contributed by atoms with van der Waals surface area (Å²) in [6.07, 6.45) is 20.4. The molecule has 0 aliphatic carbocycles. The van der Waals surface area contributed by atoms with Crippen LogP contribution in [0, 0.1) is 0 Å². The molecule has 0 aromatic heterocycles. The zero-order valence-electron chi connectivity index (χ0n) is 18.6. The minimum atomic E-state index is -2.75. The van der Waals surface area contributed by atoms with Crippen LogP contribution < -0.4 is 0 Å². The second kappa shape index (κ2) is 20.3. The molecule has 0 spiro atoms. The van der Waals surface area contributed by atoms with E-state index >= 15 is 0 Å². The normalized spacial score (nSPS) is 12.6. The van der Waals surface area contributed by atoms with Crippen LogP contribution in [0.15, 0.2) is 23.9 Å². The first-order chi connectivity index (χ1) is 13.2. The van der Waals surface area contributed by atoms with Gasteiger partial charge < -0.3 is 13.3 Å². The average Bonchev–Trinajstić information content (AvgIpc) is 2.68. The zero-order chi connectivity index (χ0) is 20.1. The van der Waals surface area contributed by atoms with E-state index in [9.17, 15) is 0 Å². The fraction of sp³-hybridized carbons (Fsp3) is 0.826. The molecule has 0 amide bonds. The van der Waals surface area contributed by atoms with Crippen molar-refractivity contribution in [3.63, 3.8) is 0 Å². The van der Waals surface area contributed by atoms with Gasteiger partial charge in [-0.3, -0.25) is 0 Å². The van der Waals surface area contributed by atoms with Gasteiger partial charge in [0.2, 0.25) is 0 Å². The van der Waals surface area contributed by atoms with Crippen molar-refractivity contribution in [1.29, 1.82) is 0 Å². The van der Waals surface area contributed by atoms with Gasteiger partial charge in [-0.15, -0.1) is 0 Å². The Kier molecular flexibility index (Phi) is 20.0. The molecule has 27 heavy (non-hydrogen) atoms. The van der Waals surface area contributed by atoms with E-state index in [2.05, 4.69) is 51.6 Å². The lowest BCUT2D eigenvalue weighted by atomic mass is 10.2. The Bertz CT molecular complexity index is 324. The van der Waals surface area contributed by atoms with Crippen LogP contribution in [0.2, 0.25) is 0 Å². The van der Waals surface area contributed by atoms with E-state index in [1.54, 1.807) is 0 Å². The standard InChI is InChI=1S/C23H46O3Si/c1-5-9-13-14-15-19-23-27(24-20-16-10-6-2,25-21-17-11-7-3)26-22-18-12-8-4/h14-15,19,23H,5-13,16-18,20-22H2,1-4H3. The lowest BCUT2D eigenvalue weighted by molar-refractivity contribution is 0.0676. The van der Waals surface area contributed by atoms with Gasteiger partial charge in [0, 0.05) is 19.8 Å². The van der Waals surface area contributed by atoms with Crippen LogP contribution in [0.3, 0.4) is 0 Å². The van der Waals surface area contributed by atoms with Crippen molar-refractivity contribution in [1.82, 2.24) is 0 Å². The third-order valence-electron chi connectivity index (χ3n) is 4.43. The SMILES string of the molecule is CCCCC=CC=C[Si](OCCCCC)(OCCCCC)OCCCCC. The van der Waals surface area contributed by atoms with Gasteiger partial charge in [-0.05, 0) is 31.4 Å². The Morgan fingerprint density at radius 2 is 1.00 bits per heavy atom. The van der Waals surface area contributed by atoms with Crippen molar-refractivity contribution < 1.29 is 13.3 Å². The Balaban J connectivity index is 4.90. The summed E-state index contributed by atoms with van der Waals surface area (Å²) in [6, 6.07) is 0. The van der Waals surface area contributed by atoms with Gasteiger partial charge in [0.05, 0.1) is 0 Å². The van der Waals surface area contributed by atoms with Crippen molar-refractivity contribution in [3.05, 3.63) is 23.9 Å². The van der Waals surface area contributed by atoms with Crippen LogP contribution >= 0.6 is 0 Å². The molecule has 0 bridgehead atoms. The van der Waals surface area contributed by atoms with E-state index in [-0.39, 0.29) is 0 Å². The predicted octanol–water partition coefficient (Wildman–Crippen LogP) is 7.39. The van der Waals surface area contributed by atoms with Crippen LogP contribution in [-0.4, -0.2) is 28.6 Å². The quantitative estimate of drug-likeness (QED) is 0.122. The Morgan fingerprint density at radius 1 is 0.556 bits per heavy atom.